The van der Waals surface area contributed by atoms with Gasteiger partial charge in [-0.1, -0.05) is 49.3 Å². The highest BCUT2D eigenvalue weighted by atomic mass is 32.1. The van der Waals surface area contributed by atoms with Crippen LogP contribution in [0.1, 0.15) is 49.6 Å². The highest BCUT2D eigenvalue weighted by Crippen LogP contribution is 2.21. The molecule has 0 saturated carbocycles. The molecule has 0 spiro atoms. The molecule has 1 fully saturated rings. The smallest absolute Gasteiger partial charge is 0.227 e. The summed E-state index contributed by atoms with van der Waals surface area (Å²) in [5, 5.41) is 6.08. The highest BCUT2D eigenvalue weighted by Gasteiger charge is 2.21. The lowest BCUT2D eigenvalue weighted by atomic mass is 10.00. The largest absolute Gasteiger partial charge is 0.340 e. The average molecular weight is 453 g/mol. The Balaban J connectivity index is 1.14. The molecule has 4 rings (SSSR count). The van der Waals surface area contributed by atoms with Crippen molar-refractivity contribution < 1.29 is 9.32 Å². The number of thiophene rings is 1. The van der Waals surface area contributed by atoms with Gasteiger partial charge in [-0.25, -0.2) is 0 Å². The van der Waals surface area contributed by atoms with Crippen LogP contribution in [0, 0.1) is 0 Å². The lowest BCUT2D eigenvalue weighted by molar-refractivity contribution is -0.132. The van der Waals surface area contributed by atoms with Gasteiger partial charge in [0.1, 0.15) is 0 Å². The van der Waals surface area contributed by atoms with Gasteiger partial charge in [0, 0.05) is 39.0 Å². The van der Waals surface area contributed by atoms with Crippen molar-refractivity contribution in [3.63, 3.8) is 0 Å². The second kappa shape index (κ2) is 10.9. The molecular weight excluding hydrogens is 420 g/mol. The van der Waals surface area contributed by atoms with Crippen molar-refractivity contribution in [2.45, 2.75) is 45.4 Å². The molecule has 1 amide bonds. The summed E-state index contributed by atoms with van der Waals surface area (Å²) in [5.74, 6) is 2.18. The van der Waals surface area contributed by atoms with E-state index in [1.54, 1.807) is 11.3 Å². The summed E-state index contributed by atoms with van der Waals surface area (Å²) < 4.78 is 5.38. The average Bonchev–Trinajstić information content (AvgIpc) is 3.50. The van der Waals surface area contributed by atoms with E-state index in [9.17, 15) is 4.79 Å². The summed E-state index contributed by atoms with van der Waals surface area (Å²) in [6.07, 6.45) is 3.17. The topological polar surface area (TPSA) is 62.5 Å². The van der Waals surface area contributed by atoms with Gasteiger partial charge in [0.25, 0.3) is 0 Å². The molecule has 0 atom stereocenters. The van der Waals surface area contributed by atoms with E-state index >= 15 is 0 Å². The van der Waals surface area contributed by atoms with Crippen molar-refractivity contribution in [3.05, 3.63) is 58.8 Å². The Bertz CT molecular complexity index is 974. The molecule has 3 aromatic rings. The molecule has 0 unspecified atom stereocenters. The van der Waals surface area contributed by atoms with Gasteiger partial charge in [-0.2, -0.15) is 4.98 Å². The molecule has 1 saturated heterocycles. The summed E-state index contributed by atoms with van der Waals surface area (Å²) in [6.45, 7) is 8.87. The van der Waals surface area contributed by atoms with Crippen LogP contribution in [0.3, 0.4) is 0 Å². The summed E-state index contributed by atoms with van der Waals surface area (Å²) in [5.41, 5.74) is 2.59. The van der Waals surface area contributed by atoms with Gasteiger partial charge in [0.2, 0.25) is 17.6 Å². The maximum atomic E-state index is 12.6. The normalized spacial score (nSPS) is 14.9. The van der Waals surface area contributed by atoms with Crippen molar-refractivity contribution >= 4 is 17.2 Å². The first-order valence-corrected chi connectivity index (χ1v) is 12.4. The fraction of sp³-hybridized carbons (Fsp3) is 0.480. The van der Waals surface area contributed by atoms with Crippen LogP contribution in [0.25, 0.3) is 10.7 Å². The van der Waals surface area contributed by atoms with E-state index in [0.717, 1.165) is 56.9 Å². The molecule has 0 aliphatic carbocycles. The number of aryl methyl sites for hydroxylation is 2. The lowest BCUT2D eigenvalue weighted by Gasteiger charge is -2.34. The van der Waals surface area contributed by atoms with Gasteiger partial charge in [0.15, 0.2) is 0 Å². The molecule has 0 N–H and O–H groups in total. The first-order valence-electron chi connectivity index (χ1n) is 11.5. The van der Waals surface area contributed by atoms with E-state index in [1.807, 2.05) is 22.4 Å². The Labute approximate surface area is 194 Å². The van der Waals surface area contributed by atoms with Crippen LogP contribution in [-0.2, 0) is 17.6 Å². The monoisotopic (exact) mass is 452 g/mol. The molecule has 1 aromatic carbocycles. The number of benzene rings is 1. The summed E-state index contributed by atoms with van der Waals surface area (Å²) in [4.78, 5) is 22.6. The third-order valence-electron chi connectivity index (χ3n) is 6.07. The van der Waals surface area contributed by atoms with E-state index in [1.165, 1.54) is 11.1 Å². The predicted octanol–water partition coefficient (Wildman–Crippen LogP) is 4.63. The van der Waals surface area contributed by atoms with E-state index in [-0.39, 0.29) is 5.91 Å². The molecule has 32 heavy (non-hydrogen) atoms. The van der Waals surface area contributed by atoms with E-state index in [4.69, 9.17) is 4.52 Å². The van der Waals surface area contributed by atoms with Crippen molar-refractivity contribution in [2.75, 3.05) is 32.7 Å². The second-order valence-electron chi connectivity index (χ2n) is 8.71. The first kappa shape index (κ1) is 22.7. The minimum absolute atomic E-state index is 0.268. The summed E-state index contributed by atoms with van der Waals surface area (Å²) in [6, 6.07) is 12.7. The number of amides is 1. The molecule has 7 heteroatoms. The number of hydrogen-bond donors (Lipinski definition) is 0. The maximum Gasteiger partial charge on any atom is 0.227 e. The zero-order valence-electron chi connectivity index (χ0n) is 19.0. The Morgan fingerprint density at radius 1 is 1.09 bits per heavy atom. The standard InChI is InChI=1S/C25H32N4O2S/c1-19(2)21-10-7-20(8-11-21)9-12-24(30)29-16-14-28(15-17-29)13-3-6-23-26-25(27-31-23)22-5-4-18-32-22/h4-5,7-8,10-11,18-19H,3,6,9,12-17H2,1-2H3. The van der Waals surface area contributed by atoms with E-state index in [2.05, 4.69) is 53.2 Å². The fourth-order valence-electron chi connectivity index (χ4n) is 4.02. The minimum atomic E-state index is 0.268. The van der Waals surface area contributed by atoms with Crippen molar-refractivity contribution in [3.8, 4) is 10.7 Å². The van der Waals surface area contributed by atoms with Gasteiger partial charge in [0.05, 0.1) is 4.88 Å². The molecule has 0 radical (unpaired) electrons. The predicted molar refractivity (Wildman–Crippen MR) is 128 cm³/mol. The van der Waals surface area contributed by atoms with Gasteiger partial charge in [-0.3, -0.25) is 9.69 Å². The number of nitrogens with zero attached hydrogens (tertiary/aromatic N) is 4. The number of carbonyl (C=O) groups is 1. The number of piperazine rings is 1. The minimum Gasteiger partial charge on any atom is -0.340 e. The molecule has 1 aliphatic heterocycles. The Morgan fingerprint density at radius 2 is 1.88 bits per heavy atom. The van der Waals surface area contributed by atoms with Crippen molar-refractivity contribution in [1.29, 1.82) is 0 Å². The van der Waals surface area contributed by atoms with Crippen LogP contribution in [0.15, 0.2) is 46.3 Å². The molecular formula is C25H32N4O2S. The number of aromatic nitrogens is 2. The SMILES string of the molecule is CC(C)c1ccc(CCC(=O)N2CCN(CCCc3nc(-c4cccs4)no3)CC2)cc1. The first-order chi connectivity index (χ1) is 15.6. The van der Waals surface area contributed by atoms with E-state index in [0.29, 0.717) is 24.1 Å². The Kier molecular flexibility index (Phi) is 7.71. The van der Waals surface area contributed by atoms with E-state index < -0.39 is 0 Å². The Hall–Kier alpha value is -2.51. The van der Waals surface area contributed by atoms with Crippen LogP contribution in [0.5, 0.6) is 0 Å². The zero-order valence-corrected chi connectivity index (χ0v) is 19.8. The number of rotatable bonds is 9. The summed E-state index contributed by atoms with van der Waals surface area (Å²) >= 11 is 1.62. The second-order valence-corrected chi connectivity index (χ2v) is 9.66. The van der Waals surface area contributed by atoms with Gasteiger partial charge < -0.3 is 9.42 Å². The third-order valence-corrected chi connectivity index (χ3v) is 6.94. The van der Waals surface area contributed by atoms with Crippen LogP contribution < -0.4 is 0 Å². The van der Waals surface area contributed by atoms with Crippen molar-refractivity contribution in [1.82, 2.24) is 19.9 Å². The summed E-state index contributed by atoms with van der Waals surface area (Å²) in [7, 11) is 0. The molecule has 0 bridgehead atoms. The van der Waals surface area contributed by atoms with Crippen LogP contribution in [-0.4, -0.2) is 58.6 Å². The lowest BCUT2D eigenvalue weighted by Crippen LogP contribution is -2.48. The van der Waals surface area contributed by atoms with Gasteiger partial charge >= 0.3 is 0 Å². The molecule has 170 valence electrons. The van der Waals surface area contributed by atoms with Crippen LogP contribution in [0.4, 0.5) is 0 Å². The fourth-order valence-corrected chi connectivity index (χ4v) is 4.66. The zero-order chi connectivity index (χ0) is 22.3. The third kappa shape index (κ3) is 6.04. The quantitative estimate of drug-likeness (QED) is 0.474. The van der Waals surface area contributed by atoms with Crippen molar-refractivity contribution in [2.24, 2.45) is 0 Å². The number of carbonyl (C=O) groups excluding carboxylic acids is 1. The maximum absolute atomic E-state index is 12.6. The van der Waals surface area contributed by atoms with Gasteiger partial charge in [-0.05, 0) is 47.9 Å². The molecule has 6 nitrogen and oxygen atoms in total. The number of hydrogen-bond acceptors (Lipinski definition) is 6. The van der Waals surface area contributed by atoms with Gasteiger partial charge in [-0.15, -0.1) is 11.3 Å². The molecule has 3 heterocycles. The van der Waals surface area contributed by atoms with Crippen LogP contribution in [0.2, 0.25) is 0 Å². The molecule has 2 aromatic heterocycles. The Morgan fingerprint density at radius 3 is 2.56 bits per heavy atom. The molecule has 1 aliphatic rings. The highest BCUT2D eigenvalue weighted by molar-refractivity contribution is 7.13. The van der Waals surface area contributed by atoms with Crippen LogP contribution >= 0.6 is 11.3 Å².